The largest absolute Gasteiger partial charge is 0.353 e. The van der Waals surface area contributed by atoms with Crippen molar-refractivity contribution in [2.75, 3.05) is 13.1 Å². The third kappa shape index (κ3) is 3.78. The number of hydrogen-bond donors (Lipinski definition) is 1. The van der Waals surface area contributed by atoms with Gasteiger partial charge in [0.2, 0.25) is 5.91 Å². The predicted octanol–water partition coefficient (Wildman–Crippen LogP) is 3.78. The summed E-state index contributed by atoms with van der Waals surface area (Å²) in [5.74, 6) is 0.191. The lowest BCUT2D eigenvalue weighted by Gasteiger charge is -2.54. The summed E-state index contributed by atoms with van der Waals surface area (Å²) in [7, 11) is 0. The molecule has 6 nitrogen and oxygen atoms in total. The van der Waals surface area contributed by atoms with E-state index in [9.17, 15) is 9.59 Å². The Morgan fingerprint density at radius 2 is 1.81 bits per heavy atom. The van der Waals surface area contributed by atoms with Crippen LogP contribution in [0, 0.1) is 12.3 Å². The Bertz CT molecular complexity index is 1130. The lowest BCUT2D eigenvalue weighted by atomic mass is 9.59. The van der Waals surface area contributed by atoms with Crippen molar-refractivity contribution in [3.63, 3.8) is 0 Å². The van der Waals surface area contributed by atoms with Gasteiger partial charge in [0.15, 0.2) is 0 Å². The van der Waals surface area contributed by atoms with E-state index in [0.717, 1.165) is 56.5 Å². The van der Waals surface area contributed by atoms with E-state index in [-0.39, 0.29) is 23.3 Å². The zero-order valence-corrected chi connectivity index (χ0v) is 18.6. The van der Waals surface area contributed by atoms with Gasteiger partial charge in [0.1, 0.15) is 11.3 Å². The topological polar surface area (TPSA) is 66.7 Å². The molecule has 1 spiro atoms. The first-order chi connectivity index (χ1) is 15.6. The van der Waals surface area contributed by atoms with E-state index in [1.54, 1.807) is 0 Å². The number of piperidine rings is 1. The predicted molar refractivity (Wildman–Crippen MR) is 123 cm³/mol. The standard InChI is InChI=1S/C26H30N4O2/c1-19-24(30-16-6-5-9-22(30)27-19)25(32)29-17-14-26(15-18-29)13-12-21(26)28-23(31)11-10-20-7-3-2-4-8-20/h2-9,16,21H,10-15,17-18H2,1H3,(H,28,31). The average Bonchev–Trinajstić information content (AvgIpc) is 3.16. The van der Waals surface area contributed by atoms with Crippen molar-refractivity contribution >= 4 is 17.5 Å². The molecule has 166 valence electrons. The molecule has 1 unspecified atom stereocenters. The smallest absolute Gasteiger partial charge is 0.272 e. The number of benzene rings is 1. The molecule has 1 saturated carbocycles. The summed E-state index contributed by atoms with van der Waals surface area (Å²) >= 11 is 0. The van der Waals surface area contributed by atoms with Crippen LogP contribution in [0.1, 0.15) is 53.8 Å². The van der Waals surface area contributed by atoms with Gasteiger partial charge in [-0.3, -0.25) is 14.0 Å². The Balaban J connectivity index is 1.18. The van der Waals surface area contributed by atoms with Gasteiger partial charge in [-0.25, -0.2) is 4.98 Å². The molecule has 3 heterocycles. The van der Waals surface area contributed by atoms with Crippen molar-refractivity contribution in [2.45, 2.75) is 51.5 Å². The third-order valence-corrected chi connectivity index (χ3v) is 7.44. The summed E-state index contributed by atoms with van der Waals surface area (Å²) in [6.07, 6.45) is 7.25. The maximum atomic E-state index is 13.3. The highest BCUT2D eigenvalue weighted by Gasteiger charge is 2.49. The fourth-order valence-corrected chi connectivity index (χ4v) is 5.37. The molecule has 1 atom stereocenters. The molecule has 0 radical (unpaired) electrons. The van der Waals surface area contributed by atoms with E-state index >= 15 is 0 Å². The van der Waals surface area contributed by atoms with Crippen LogP contribution in [0.2, 0.25) is 0 Å². The molecular formula is C26H30N4O2. The molecule has 2 aromatic heterocycles. The molecule has 1 saturated heterocycles. The molecule has 3 aromatic rings. The number of carbonyl (C=O) groups excluding carboxylic acids is 2. The second-order valence-electron chi connectivity index (χ2n) is 9.27. The minimum Gasteiger partial charge on any atom is -0.353 e. The molecule has 0 bridgehead atoms. The van der Waals surface area contributed by atoms with Crippen LogP contribution in [-0.2, 0) is 11.2 Å². The van der Waals surface area contributed by atoms with Crippen LogP contribution in [0.15, 0.2) is 54.7 Å². The van der Waals surface area contributed by atoms with Crippen molar-refractivity contribution in [3.05, 3.63) is 71.7 Å². The number of pyridine rings is 1. The maximum absolute atomic E-state index is 13.3. The number of carbonyl (C=O) groups is 2. The first-order valence-electron chi connectivity index (χ1n) is 11.6. The number of nitrogens with zero attached hydrogens (tertiary/aromatic N) is 3. The van der Waals surface area contributed by atoms with Gasteiger partial charge in [-0.15, -0.1) is 0 Å². The van der Waals surface area contributed by atoms with Gasteiger partial charge >= 0.3 is 0 Å². The van der Waals surface area contributed by atoms with E-state index in [1.165, 1.54) is 5.56 Å². The first-order valence-corrected chi connectivity index (χ1v) is 11.6. The van der Waals surface area contributed by atoms with E-state index in [4.69, 9.17) is 0 Å². The van der Waals surface area contributed by atoms with E-state index in [2.05, 4.69) is 22.4 Å². The number of rotatable bonds is 5. The molecular weight excluding hydrogens is 400 g/mol. The molecule has 1 aliphatic heterocycles. The zero-order valence-electron chi connectivity index (χ0n) is 18.6. The number of aromatic nitrogens is 2. The monoisotopic (exact) mass is 430 g/mol. The average molecular weight is 431 g/mol. The van der Waals surface area contributed by atoms with Crippen LogP contribution in [-0.4, -0.2) is 45.2 Å². The third-order valence-electron chi connectivity index (χ3n) is 7.44. The van der Waals surface area contributed by atoms with E-state index in [0.29, 0.717) is 12.1 Å². The summed E-state index contributed by atoms with van der Waals surface area (Å²) in [5, 5.41) is 3.30. The lowest BCUT2D eigenvalue weighted by Crippen LogP contribution is -2.59. The Morgan fingerprint density at radius 3 is 2.53 bits per heavy atom. The summed E-state index contributed by atoms with van der Waals surface area (Å²) in [6, 6.07) is 16.2. The number of likely N-dealkylation sites (tertiary alicyclic amines) is 1. The molecule has 2 aliphatic rings. The summed E-state index contributed by atoms with van der Waals surface area (Å²) in [5.41, 5.74) is 3.58. The van der Waals surface area contributed by atoms with Crippen LogP contribution in [0.3, 0.4) is 0 Å². The summed E-state index contributed by atoms with van der Waals surface area (Å²) in [4.78, 5) is 32.3. The van der Waals surface area contributed by atoms with Crippen LogP contribution in [0.25, 0.3) is 5.65 Å². The van der Waals surface area contributed by atoms with Crippen LogP contribution in [0.5, 0.6) is 0 Å². The van der Waals surface area contributed by atoms with Crippen molar-refractivity contribution in [1.29, 1.82) is 0 Å². The maximum Gasteiger partial charge on any atom is 0.272 e. The molecule has 1 N–H and O–H groups in total. The Kier molecular flexibility index (Phi) is 5.45. The number of imidazole rings is 1. The quantitative estimate of drug-likeness (QED) is 0.670. The normalized spacial score (nSPS) is 19.7. The van der Waals surface area contributed by atoms with Gasteiger partial charge in [0.05, 0.1) is 5.69 Å². The number of amides is 2. The van der Waals surface area contributed by atoms with E-state index in [1.807, 2.05) is 58.8 Å². The zero-order chi connectivity index (χ0) is 22.1. The summed E-state index contributed by atoms with van der Waals surface area (Å²) in [6.45, 7) is 3.36. The van der Waals surface area contributed by atoms with Gasteiger partial charge in [0.25, 0.3) is 5.91 Å². The molecule has 1 aliphatic carbocycles. The minimum absolute atomic E-state index is 0.0545. The van der Waals surface area contributed by atoms with E-state index < -0.39 is 0 Å². The Hall–Kier alpha value is -3.15. The molecule has 2 amide bonds. The lowest BCUT2D eigenvalue weighted by molar-refractivity contribution is -0.125. The van der Waals surface area contributed by atoms with Gasteiger partial charge in [0, 0.05) is 31.7 Å². The minimum atomic E-state index is 0.0545. The number of fused-ring (bicyclic) bond motifs is 1. The second kappa shape index (κ2) is 8.41. The van der Waals surface area contributed by atoms with Crippen LogP contribution < -0.4 is 5.32 Å². The number of nitrogens with one attached hydrogen (secondary N) is 1. The van der Waals surface area contributed by atoms with Crippen LogP contribution in [0.4, 0.5) is 0 Å². The highest BCUT2D eigenvalue weighted by molar-refractivity contribution is 5.94. The van der Waals surface area contributed by atoms with Gasteiger partial charge < -0.3 is 10.2 Å². The Labute approximate surface area is 188 Å². The number of aryl methyl sites for hydroxylation is 2. The van der Waals surface area contributed by atoms with Crippen molar-refractivity contribution < 1.29 is 9.59 Å². The van der Waals surface area contributed by atoms with Gasteiger partial charge in [-0.2, -0.15) is 0 Å². The molecule has 6 heteroatoms. The SMILES string of the molecule is Cc1nc2ccccn2c1C(=O)N1CCC2(CCC2NC(=O)CCc2ccccc2)CC1. The molecule has 5 rings (SSSR count). The second-order valence-corrected chi connectivity index (χ2v) is 9.27. The van der Waals surface area contributed by atoms with Crippen molar-refractivity contribution in [2.24, 2.45) is 5.41 Å². The molecule has 1 aromatic carbocycles. The highest BCUT2D eigenvalue weighted by atomic mass is 16.2. The number of hydrogen-bond acceptors (Lipinski definition) is 3. The summed E-state index contributed by atoms with van der Waals surface area (Å²) < 4.78 is 1.89. The first kappa shape index (κ1) is 20.7. The molecule has 32 heavy (non-hydrogen) atoms. The highest BCUT2D eigenvalue weighted by Crippen LogP contribution is 2.49. The van der Waals surface area contributed by atoms with Crippen LogP contribution >= 0.6 is 0 Å². The fourth-order valence-electron chi connectivity index (χ4n) is 5.37. The fraction of sp³-hybridized carbons (Fsp3) is 0.423. The van der Waals surface area contributed by atoms with Crippen molar-refractivity contribution in [1.82, 2.24) is 19.6 Å². The molecule has 2 fully saturated rings. The van der Waals surface area contributed by atoms with Gasteiger partial charge in [-0.05, 0) is 62.1 Å². The van der Waals surface area contributed by atoms with Crippen molar-refractivity contribution in [3.8, 4) is 0 Å². The van der Waals surface area contributed by atoms with Gasteiger partial charge in [-0.1, -0.05) is 36.4 Å². The Morgan fingerprint density at radius 1 is 1.06 bits per heavy atom.